The molecule has 5 N–H and O–H groups in total. The Labute approximate surface area is 219 Å². The van der Waals surface area contributed by atoms with Gasteiger partial charge in [-0.3, -0.25) is 19.2 Å². The normalized spacial score (nSPS) is 13.1. The molecule has 3 aromatic rings. The van der Waals surface area contributed by atoms with E-state index in [0.717, 1.165) is 0 Å². The number of fused-ring (bicyclic) bond motifs is 2. The zero-order valence-corrected chi connectivity index (χ0v) is 21.4. The van der Waals surface area contributed by atoms with Gasteiger partial charge in [0.1, 0.15) is 0 Å². The molecule has 0 fully saturated rings. The van der Waals surface area contributed by atoms with E-state index in [1.807, 2.05) is 0 Å². The fourth-order valence-electron chi connectivity index (χ4n) is 4.11. The first kappa shape index (κ1) is 26.6. The summed E-state index contributed by atoms with van der Waals surface area (Å²) >= 11 is 0. The summed E-state index contributed by atoms with van der Waals surface area (Å²) in [6.45, 7) is 1.99. The smallest absolute Gasteiger partial charge is 0.253 e. The van der Waals surface area contributed by atoms with Crippen molar-refractivity contribution in [2.24, 2.45) is 0 Å². The molecule has 3 aromatic carbocycles. The second-order valence-corrected chi connectivity index (χ2v) is 10.6. The molecule has 0 radical (unpaired) electrons. The van der Waals surface area contributed by atoms with Gasteiger partial charge in [-0.15, -0.1) is 0 Å². The molecule has 0 atom stereocenters. The standard InChI is InChI=1S/C27H26N4O6S/c1-16(32)31-18-9-11-22(28)21(15-18)27(35)30-13-5-4-12-29-26(34)17-8-10-20-24(14-17)38(36,37)23-7-3-2-6-19(23)25(20)33/h2-3,6-11,14-15H,4-5,12-13,28H2,1H3,(H,29,34)(H,30,35)(H,31,32). The Bertz CT molecular complexity index is 1570. The SMILES string of the molecule is CC(=O)Nc1ccc(N)c(C(=O)NCCCCNC(=O)c2ccc3c(c2)S(=O)(=O)c2ccccc2C3=O)c1. The van der Waals surface area contributed by atoms with Gasteiger partial charge >= 0.3 is 0 Å². The van der Waals surface area contributed by atoms with Gasteiger partial charge in [-0.25, -0.2) is 8.42 Å². The first-order valence-electron chi connectivity index (χ1n) is 11.9. The number of carbonyl (C=O) groups excluding carboxylic acids is 4. The van der Waals surface area contributed by atoms with Crippen LogP contribution in [-0.2, 0) is 14.6 Å². The van der Waals surface area contributed by atoms with Crippen LogP contribution in [0.15, 0.2) is 70.5 Å². The number of ketones is 1. The molecule has 0 bridgehead atoms. The Morgan fingerprint density at radius 1 is 0.816 bits per heavy atom. The zero-order valence-electron chi connectivity index (χ0n) is 20.5. The molecule has 0 aliphatic carbocycles. The Morgan fingerprint density at radius 2 is 1.47 bits per heavy atom. The van der Waals surface area contributed by atoms with Crippen LogP contribution < -0.4 is 21.7 Å². The van der Waals surface area contributed by atoms with Gasteiger partial charge in [-0.2, -0.15) is 0 Å². The van der Waals surface area contributed by atoms with E-state index in [1.54, 1.807) is 18.2 Å². The summed E-state index contributed by atoms with van der Waals surface area (Å²) in [6.07, 6.45) is 1.10. The van der Waals surface area contributed by atoms with E-state index < -0.39 is 21.5 Å². The predicted molar refractivity (Wildman–Crippen MR) is 141 cm³/mol. The molecule has 38 heavy (non-hydrogen) atoms. The summed E-state index contributed by atoms with van der Waals surface area (Å²) in [6, 6.07) is 14.7. The summed E-state index contributed by atoms with van der Waals surface area (Å²) in [7, 11) is -3.94. The Morgan fingerprint density at radius 3 is 2.18 bits per heavy atom. The molecule has 0 saturated heterocycles. The summed E-state index contributed by atoms with van der Waals surface area (Å²) in [5, 5.41) is 8.08. The highest BCUT2D eigenvalue weighted by Crippen LogP contribution is 2.34. The molecule has 10 nitrogen and oxygen atoms in total. The van der Waals surface area contributed by atoms with Crippen LogP contribution in [0.4, 0.5) is 11.4 Å². The topological polar surface area (TPSA) is 165 Å². The van der Waals surface area contributed by atoms with Crippen molar-refractivity contribution in [1.29, 1.82) is 0 Å². The number of carbonyl (C=O) groups is 4. The molecule has 4 rings (SSSR count). The van der Waals surface area contributed by atoms with Crippen LogP contribution in [0.5, 0.6) is 0 Å². The lowest BCUT2D eigenvalue weighted by Crippen LogP contribution is -2.28. The Balaban J connectivity index is 1.30. The van der Waals surface area contributed by atoms with Gasteiger partial charge in [0.15, 0.2) is 5.78 Å². The minimum atomic E-state index is -3.94. The van der Waals surface area contributed by atoms with Gasteiger partial charge in [0.05, 0.1) is 15.4 Å². The van der Waals surface area contributed by atoms with Crippen molar-refractivity contribution in [3.63, 3.8) is 0 Å². The van der Waals surface area contributed by atoms with E-state index in [9.17, 15) is 27.6 Å². The van der Waals surface area contributed by atoms with Crippen LogP contribution in [0.1, 0.15) is 56.4 Å². The lowest BCUT2D eigenvalue weighted by molar-refractivity contribution is -0.114. The molecular weight excluding hydrogens is 508 g/mol. The minimum absolute atomic E-state index is 0.0410. The first-order chi connectivity index (χ1) is 18.1. The van der Waals surface area contributed by atoms with Crippen molar-refractivity contribution in [2.75, 3.05) is 24.1 Å². The van der Waals surface area contributed by atoms with Gasteiger partial charge in [0, 0.05) is 48.1 Å². The number of sulfone groups is 1. The molecule has 1 aliphatic rings. The number of amides is 3. The van der Waals surface area contributed by atoms with Gasteiger partial charge in [0.25, 0.3) is 11.8 Å². The predicted octanol–water partition coefficient (Wildman–Crippen LogP) is 2.54. The largest absolute Gasteiger partial charge is 0.398 e. The molecule has 3 amide bonds. The average molecular weight is 535 g/mol. The lowest BCUT2D eigenvalue weighted by Gasteiger charge is -2.19. The third-order valence-corrected chi connectivity index (χ3v) is 7.84. The highest BCUT2D eigenvalue weighted by Gasteiger charge is 2.35. The molecule has 0 unspecified atom stereocenters. The molecule has 11 heteroatoms. The van der Waals surface area contributed by atoms with Crippen molar-refractivity contribution >= 4 is 44.7 Å². The van der Waals surface area contributed by atoms with Crippen LogP contribution in [0.3, 0.4) is 0 Å². The van der Waals surface area contributed by atoms with Crippen molar-refractivity contribution in [2.45, 2.75) is 29.6 Å². The zero-order chi connectivity index (χ0) is 27.4. The third-order valence-electron chi connectivity index (χ3n) is 5.99. The van der Waals surface area contributed by atoms with Crippen LogP contribution >= 0.6 is 0 Å². The fourth-order valence-corrected chi connectivity index (χ4v) is 5.79. The first-order valence-corrected chi connectivity index (χ1v) is 13.3. The molecule has 1 heterocycles. The van der Waals surface area contributed by atoms with Gasteiger partial charge in [-0.05, 0) is 61.4 Å². The Hall–Kier alpha value is -4.51. The van der Waals surface area contributed by atoms with Crippen molar-refractivity contribution in [3.05, 3.63) is 82.9 Å². The quantitative estimate of drug-likeness (QED) is 0.199. The number of nitrogens with two attached hydrogens (primary N) is 1. The molecular formula is C27H26N4O6S. The average Bonchev–Trinajstić information content (AvgIpc) is 2.89. The van der Waals surface area contributed by atoms with Crippen molar-refractivity contribution in [1.82, 2.24) is 10.6 Å². The summed E-state index contributed by atoms with van der Waals surface area (Å²) < 4.78 is 26.1. The number of anilines is 2. The van der Waals surface area contributed by atoms with Gasteiger partial charge in [-0.1, -0.05) is 12.1 Å². The Kier molecular flexibility index (Phi) is 7.58. The van der Waals surface area contributed by atoms with E-state index in [4.69, 9.17) is 5.73 Å². The van der Waals surface area contributed by atoms with Crippen LogP contribution in [-0.4, -0.2) is 45.0 Å². The number of benzene rings is 3. The monoisotopic (exact) mass is 534 g/mol. The van der Waals surface area contributed by atoms with Gasteiger partial charge < -0.3 is 21.7 Å². The summed E-state index contributed by atoms with van der Waals surface area (Å²) in [5.74, 6) is -1.52. The number of unbranched alkanes of at least 4 members (excludes halogenated alkanes) is 1. The van der Waals surface area contributed by atoms with Crippen molar-refractivity contribution in [3.8, 4) is 0 Å². The van der Waals surface area contributed by atoms with E-state index in [-0.39, 0.29) is 49.5 Å². The number of hydrogen-bond donors (Lipinski definition) is 4. The summed E-state index contributed by atoms with van der Waals surface area (Å²) in [5.41, 5.74) is 7.14. The number of nitrogen functional groups attached to an aromatic ring is 1. The fraction of sp³-hybridized carbons (Fsp3) is 0.185. The second kappa shape index (κ2) is 10.9. The van der Waals surface area contributed by atoms with Crippen LogP contribution in [0.2, 0.25) is 0 Å². The maximum absolute atomic E-state index is 13.0. The number of nitrogens with one attached hydrogen (secondary N) is 3. The molecule has 0 spiro atoms. The number of rotatable bonds is 8. The molecule has 196 valence electrons. The van der Waals surface area contributed by atoms with Crippen LogP contribution in [0, 0.1) is 0 Å². The lowest BCUT2D eigenvalue weighted by atomic mass is 10.0. The molecule has 0 aromatic heterocycles. The van der Waals surface area contributed by atoms with E-state index >= 15 is 0 Å². The number of hydrogen-bond acceptors (Lipinski definition) is 7. The minimum Gasteiger partial charge on any atom is -0.398 e. The molecule has 1 aliphatic heterocycles. The van der Waals surface area contributed by atoms with Crippen LogP contribution in [0.25, 0.3) is 0 Å². The van der Waals surface area contributed by atoms with Gasteiger partial charge in [0.2, 0.25) is 15.7 Å². The third kappa shape index (κ3) is 5.42. The maximum Gasteiger partial charge on any atom is 0.253 e. The second-order valence-electron chi connectivity index (χ2n) is 8.74. The van der Waals surface area contributed by atoms with Crippen molar-refractivity contribution < 1.29 is 27.6 Å². The summed E-state index contributed by atoms with van der Waals surface area (Å²) in [4.78, 5) is 48.8. The highest BCUT2D eigenvalue weighted by atomic mass is 32.2. The van der Waals surface area contributed by atoms with E-state index in [0.29, 0.717) is 31.6 Å². The highest BCUT2D eigenvalue weighted by molar-refractivity contribution is 7.91. The maximum atomic E-state index is 13.0. The van der Waals surface area contributed by atoms with E-state index in [1.165, 1.54) is 49.4 Å². The van der Waals surface area contributed by atoms with E-state index in [2.05, 4.69) is 16.0 Å². The molecule has 0 saturated carbocycles.